The number of nitrogens with zero attached hydrogens (tertiary/aromatic N) is 4. The second-order valence-electron chi connectivity index (χ2n) is 5.31. The first kappa shape index (κ1) is 14.1. The van der Waals surface area contributed by atoms with E-state index in [0.717, 1.165) is 37.9 Å². The molecule has 5 heteroatoms. The summed E-state index contributed by atoms with van der Waals surface area (Å²) < 4.78 is 2.83. The van der Waals surface area contributed by atoms with Gasteiger partial charge in [0.2, 0.25) is 0 Å². The third-order valence-electron chi connectivity index (χ3n) is 3.73. The Hall–Kier alpha value is -2.53. The summed E-state index contributed by atoms with van der Waals surface area (Å²) in [4.78, 5) is 8.90. The molecule has 4 nitrogen and oxygen atoms in total. The molecule has 4 rings (SSSR count). The molecule has 2 aromatic heterocycles. The van der Waals surface area contributed by atoms with Gasteiger partial charge in [0, 0.05) is 34.2 Å². The fourth-order valence-corrected chi connectivity index (χ4v) is 3.06. The summed E-state index contributed by atoms with van der Waals surface area (Å²) in [5, 5.41) is 5.64. The number of aromatic nitrogens is 4. The first-order valence-electron chi connectivity index (χ1n) is 7.22. The molecule has 4 aromatic rings. The van der Waals surface area contributed by atoms with Gasteiger partial charge in [0.25, 0.3) is 0 Å². The predicted octanol–water partition coefficient (Wildman–Crippen LogP) is 4.46. The van der Waals surface area contributed by atoms with Gasteiger partial charge in [-0.15, -0.1) is 0 Å². The molecule has 0 spiro atoms. The number of hydrogen-bond donors (Lipinski definition) is 0. The Kier molecular flexibility index (Phi) is 3.42. The lowest BCUT2D eigenvalue weighted by Crippen LogP contribution is -1.90. The summed E-state index contributed by atoms with van der Waals surface area (Å²) in [6.45, 7) is 0. The summed E-state index contributed by atoms with van der Waals surface area (Å²) in [5.74, 6) is 0. The number of halogens is 1. The van der Waals surface area contributed by atoms with Gasteiger partial charge in [-0.3, -0.25) is 4.68 Å². The maximum Gasteiger partial charge on any atom is 0.116 e. The fraction of sp³-hybridized carbons (Fsp3) is 0.0556. The van der Waals surface area contributed by atoms with Crippen molar-refractivity contribution in [3.63, 3.8) is 0 Å². The van der Waals surface area contributed by atoms with Crippen LogP contribution in [0, 0.1) is 0 Å². The van der Waals surface area contributed by atoms with Crippen LogP contribution in [0.3, 0.4) is 0 Å². The van der Waals surface area contributed by atoms with Crippen molar-refractivity contribution in [2.45, 2.75) is 0 Å². The zero-order chi connectivity index (χ0) is 15.8. The zero-order valence-electron chi connectivity index (χ0n) is 12.4. The highest BCUT2D eigenvalue weighted by molar-refractivity contribution is 9.10. The summed E-state index contributed by atoms with van der Waals surface area (Å²) in [6, 6.07) is 16.2. The van der Waals surface area contributed by atoms with Gasteiger partial charge in [0.1, 0.15) is 12.0 Å². The first-order chi connectivity index (χ1) is 11.2. The van der Waals surface area contributed by atoms with Gasteiger partial charge in [0.05, 0.1) is 11.2 Å². The molecule has 0 saturated heterocycles. The van der Waals surface area contributed by atoms with Crippen LogP contribution in [0.1, 0.15) is 0 Å². The molecule has 23 heavy (non-hydrogen) atoms. The van der Waals surface area contributed by atoms with Crippen LogP contribution >= 0.6 is 15.9 Å². The molecule has 0 aliphatic heterocycles. The Balaban J connectivity index is 1.99. The molecular formula is C18H13BrN4. The summed E-state index contributed by atoms with van der Waals surface area (Å²) in [7, 11) is 1.93. The third-order valence-corrected chi connectivity index (χ3v) is 4.22. The van der Waals surface area contributed by atoms with Crippen molar-refractivity contribution in [2.24, 2.45) is 7.05 Å². The Morgan fingerprint density at radius 3 is 2.61 bits per heavy atom. The monoisotopic (exact) mass is 364 g/mol. The van der Waals surface area contributed by atoms with E-state index in [4.69, 9.17) is 0 Å². The van der Waals surface area contributed by atoms with Crippen molar-refractivity contribution in [2.75, 3.05) is 0 Å². The number of aryl methyl sites for hydroxylation is 1. The molecule has 0 unspecified atom stereocenters. The number of rotatable bonds is 2. The minimum atomic E-state index is 0.898. The van der Waals surface area contributed by atoms with Crippen molar-refractivity contribution >= 4 is 26.8 Å². The summed E-state index contributed by atoms with van der Waals surface area (Å²) in [5.41, 5.74) is 4.82. The summed E-state index contributed by atoms with van der Waals surface area (Å²) in [6.07, 6.45) is 3.61. The Morgan fingerprint density at radius 1 is 0.957 bits per heavy atom. The zero-order valence-corrected chi connectivity index (χ0v) is 14.0. The van der Waals surface area contributed by atoms with Gasteiger partial charge in [-0.1, -0.05) is 46.3 Å². The molecule has 0 radical (unpaired) electrons. The van der Waals surface area contributed by atoms with Crippen LogP contribution in [0.25, 0.3) is 33.4 Å². The normalized spacial score (nSPS) is 11.0. The maximum absolute atomic E-state index is 4.63. The number of hydrogen-bond acceptors (Lipinski definition) is 3. The molecule has 0 aliphatic carbocycles. The van der Waals surface area contributed by atoms with Crippen LogP contribution in [-0.2, 0) is 7.05 Å². The fourth-order valence-electron chi connectivity index (χ4n) is 2.72. The molecule has 2 aromatic carbocycles. The number of fused-ring (bicyclic) bond motifs is 1. The van der Waals surface area contributed by atoms with E-state index in [1.807, 2.05) is 54.3 Å². The van der Waals surface area contributed by atoms with E-state index in [9.17, 15) is 0 Å². The Bertz CT molecular complexity index is 993. The minimum Gasteiger partial charge on any atom is -0.274 e. The van der Waals surface area contributed by atoms with Crippen molar-refractivity contribution in [1.29, 1.82) is 0 Å². The average Bonchev–Trinajstić information content (AvgIpc) is 2.96. The van der Waals surface area contributed by atoms with E-state index < -0.39 is 0 Å². The van der Waals surface area contributed by atoms with Crippen LogP contribution < -0.4 is 0 Å². The highest BCUT2D eigenvalue weighted by Gasteiger charge is 2.16. The van der Waals surface area contributed by atoms with Gasteiger partial charge >= 0.3 is 0 Å². The molecule has 0 amide bonds. The largest absolute Gasteiger partial charge is 0.274 e. The number of benzene rings is 2. The lowest BCUT2D eigenvalue weighted by Gasteiger charge is -2.06. The predicted molar refractivity (Wildman–Crippen MR) is 94.9 cm³/mol. The summed E-state index contributed by atoms with van der Waals surface area (Å²) >= 11 is 3.49. The second-order valence-corrected chi connectivity index (χ2v) is 6.23. The van der Waals surface area contributed by atoms with Gasteiger partial charge in [-0.2, -0.15) is 5.10 Å². The van der Waals surface area contributed by atoms with E-state index in [0.29, 0.717) is 0 Å². The highest BCUT2D eigenvalue weighted by atomic mass is 79.9. The lowest BCUT2D eigenvalue weighted by molar-refractivity contribution is 0.771. The molecule has 0 fully saturated rings. The minimum absolute atomic E-state index is 0.898. The van der Waals surface area contributed by atoms with E-state index in [1.165, 1.54) is 0 Å². The van der Waals surface area contributed by atoms with E-state index in [-0.39, 0.29) is 0 Å². The highest BCUT2D eigenvalue weighted by Crippen LogP contribution is 2.33. The van der Waals surface area contributed by atoms with Crippen LogP contribution in [-0.4, -0.2) is 19.7 Å². The van der Waals surface area contributed by atoms with Crippen LogP contribution in [0.4, 0.5) is 0 Å². The molecule has 112 valence electrons. The third kappa shape index (κ3) is 2.53. The van der Waals surface area contributed by atoms with E-state index >= 15 is 0 Å². The van der Waals surface area contributed by atoms with Crippen LogP contribution in [0.5, 0.6) is 0 Å². The molecule has 2 heterocycles. The van der Waals surface area contributed by atoms with Crippen LogP contribution in [0.2, 0.25) is 0 Å². The standard InChI is InChI=1S/C18H13BrN4/c1-23-10-15(17(22-23)12-5-3-2-4-6-12)18-14-8-7-13(19)9-16(14)20-11-21-18/h2-11H,1H3. The average molecular weight is 365 g/mol. The molecule has 0 aliphatic rings. The second kappa shape index (κ2) is 5.59. The van der Waals surface area contributed by atoms with Crippen LogP contribution in [0.15, 0.2) is 65.5 Å². The smallest absolute Gasteiger partial charge is 0.116 e. The van der Waals surface area contributed by atoms with Gasteiger partial charge < -0.3 is 0 Å². The molecule has 0 bridgehead atoms. The Morgan fingerprint density at radius 2 is 1.78 bits per heavy atom. The van der Waals surface area contributed by atoms with Gasteiger partial charge in [-0.25, -0.2) is 9.97 Å². The van der Waals surface area contributed by atoms with Crippen molar-refractivity contribution in [3.05, 3.63) is 65.5 Å². The van der Waals surface area contributed by atoms with E-state index in [2.05, 4.69) is 43.1 Å². The quantitative estimate of drug-likeness (QED) is 0.527. The first-order valence-corrected chi connectivity index (χ1v) is 8.01. The molecule has 0 saturated carbocycles. The Labute approximate surface area is 142 Å². The topological polar surface area (TPSA) is 43.6 Å². The van der Waals surface area contributed by atoms with E-state index in [1.54, 1.807) is 6.33 Å². The molecule has 0 atom stereocenters. The SMILES string of the molecule is Cn1cc(-c2ncnc3cc(Br)ccc23)c(-c2ccccc2)n1. The van der Waals surface area contributed by atoms with Crippen molar-refractivity contribution in [1.82, 2.24) is 19.7 Å². The molecular weight excluding hydrogens is 352 g/mol. The van der Waals surface area contributed by atoms with Gasteiger partial charge in [0.15, 0.2) is 0 Å². The maximum atomic E-state index is 4.63. The van der Waals surface area contributed by atoms with Gasteiger partial charge in [-0.05, 0) is 18.2 Å². The van der Waals surface area contributed by atoms with Crippen molar-refractivity contribution in [3.8, 4) is 22.5 Å². The lowest BCUT2D eigenvalue weighted by atomic mass is 10.0. The molecule has 0 N–H and O–H groups in total. The van der Waals surface area contributed by atoms with Crippen molar-refractivity contribution < 1.29 is 0 Å².